The molecule has 0 aliphatic carbocycles. The number of ether oxygens (including phenoxy) is 6. The van der Waals surface area contributed by atoms with Crippen LogP contribution in [0.3, 0.4) is 0 Å². The van der Waals surface area contributed by atoms with Gasteiger partial charge in [-0.15, -0.1) is 0 Å². The summed E-state index contributed by atoms with van der Waals surface area (Å²) in [6.07, 6.45) is -6.46. The molecule has 1 saturated heterocycles. The zero-order valence-electron chi connectivity index (χ0n) is 15.7. The van der Waals surface area contributed by atoms with Crippen LogP contribution in [0.2, 0.25) is 0 Å². The van der Waals surface area contributed by atoms with Gasteiger partial charge in [-0.3, -0.25) is 19.2 Å². The van der Waals surface area contributed by atoms with Crippen LogP contribution in [-0.2, 0) is 47.6 Å². The molecular formula is C15H21N3O10. The van der Waals surface area contributed by atoms with Crippen LogP contribution in [0.1, 0.15) is 27.7 Å². The lowest BCUT2D eigenvalue weighted by atomic mass is 9.98. The highest BCUT2D eigenvalue weighted by atomic mass is 16.7. The summed E-state index contributed by atoms with van der Waals surface area (Å²) in [5.74, 6) is -2.90. The van der Waals surface area contributed by atoms with Gasteiger partial charge in [0.05, 0.1) is 0 Å². The molecule has 0 spiro atoms. The van der Waals surface area contributed by atoms with Crippen molar-refractivity contribution in [2.75, 3.05) is 13.3 Å². The van der Waals surface area contributed by atoms with Crippen LogP contribution in [0.15, 0.2) is 5.11 Å². The number of hydrogen-bond acceptors (Lipinski definition) is 11. The monoisotopic (exact) mass is 403 g/mol. The molecule has 0 unspecified atom stereocenters. The van der Waals surface area contributed by atoms with Gasteiger partial charge in [-0.25, -0.2) is 0 Å². The molecule has 0 amide bonds. The third-order valence-electron chi connectivity index (χ3n) is 3.31. The second-order valence-corrected chi connectivity index (χ2v) is 5.59. The van der Waals surface area contributed by atoms with Crippen molar-refractivity contribution >= 4 is 23.9 Å². The van der Waals surface area contributed by atoms with Crippen molar-refractivity contribution in [2.24, 2.45) is 5.11 Å². The van der Waals surface area contributed by atoms with Crippen LogP contribution in [0.4, 0.5) is 0 Å². The van der Waals surface area contributed by atoms with E-state index in [0.29, 0.717) is 0 Å². The quantitative estimate of drug-likeness (QED) is 0.181. The van der Waals surface area contributed by atoms with E-state index in [1.54, 1.807) is 0 Å². The average molecular weight is 403 g/mol. The van der Waals surface area contributed by atoms with E-state index in [2.05, 4.69) is 10.0 Å². The highest BCUT2D eigenvalue weighted by Gasteiger charge is 2.52. The van der Waals surface area contributed by atoms with Gasteiger partial charge >= 0.3 is 23.9 Å². The summed E-state index contributed by atoms with van der Waals surface area (Å²) >= 11 is 0. The van der Waals surface area contributed by atoms with E-state index >= 15 is 0 Å². The number of rotatable bonds is 8. The molecular weight excluding hydrogens is 382 g/mol. The smallest absolute Gasteiger partial charge is 0.303 e. The Morgan fingerprint density at radius 3 is 1.93 bits per heavy atom. The van der Waals surface area contributed by atoms with Crippen LogP contribution in [0.25, 0.3) is 10.4 Å². The number of carbonyl (C=O) groups excluding carboxylic acids is 4. The first-order chi connectivity index (χ1) is 13.1. The van der Waals surface area contributed by atoms with Gasteiger partial charge in [-0.05, 0) is 5.53 Å². The molecule has 1 heterocycles. The van der Waals surface area contributed by atoms with E-state index in [1.807, 2.05) is 0 Å². The summed E-state index contributed by atoms with van der Waals surface area (Å²) in [6, 6.07) is 0. The molecule has 0 bridgehead atoms. The van der Waals surface area contributed by atoms with Crippen LogP contribution in [0.5, 0.6) is 0 Å². The minimum absolute atomic E-state index is 0.376. The predicted molar refractivity (Wildman–Crippen MR) is 87.1 cm³/mol. The molecule has 1 aliphatic rings. The molecule has 5 atom stereocenters. The van der Waals surface area contributed by atoms with Crippen LogP contribution < -0.4 is 0 Å². The van der Waals surface area contributed by atoms with E-state index in [1.165, 1.54) is 0 Å². The van der Waals surface area contributed by atoms with Crippen molar-refractivity contribution in [2.45, 2.75) is 58.4 Å². The summed E-state index contributed by atoms with van der Waals surface area (Å²) in [6.45, 7) is 3.59. The van der Waals surface area contributed by atoms with Crippen LogP contribution in [0, 0.1) is 0 Å². The Morgan fingerprint density at radius 1 is 0.893 bits per heavy atom. The maximum absolute atomic E-state index is 11.6. The van der Waals surface area contributed by atoms with E-state index in [0.717, 1.165) is 27.7 Å². The standard InChI is InChI=1S/C15H21N3O10/c1-7(19)23-5-11-12(25-8(2)20)13(26-9(3)21)14(27-10(4)22)15(28-11)24-6-17-18-16/h11-15H,5-6H2,1-4H3/t11-,12-,13+,14+,15+/m1/s1. The Bertz CT molecular complexity index is 616. The van der Waals surface area contributed by atoms with Crippen molar-refractivity contribution in [1.82, 2.24) is 0 Å². The molecule has 1 rings (SSSR count). The molecule has 0 radical (unpaired) electrons. The minimum atomic E-state index is -1.37. The zero-order chi connectivity index (χ0) is 21.3. The molecule has 0 saturated carbocycles. The first-order valence-corrected chi connectivity index (χ1v) is 8.08. The first kappa shape index (κ1) is 23.1. The predicted octanol–water partition coefficient (Wildman–Crippen LogP) is 0.354. The summed E-state index contributed by atoms with van der Waals surface area (Å²) in [5.41, 5.74) is 8.38. The highest BCUT2D eigenvalue weighted by Crippen LogP contribution is 2.29. The van der Waals surface area contributed by atoms with Gasteiger partial charge in [0.2, 0.25) is 0 Å². The van der Waals surface area contributed by atoms with Crippen molar-refractivity contribution < 1.29 is 47.6 Å². The number of esters is 4. The maximum atomic E-state index is 11.6. The van der Waals surface area contributed by atoms with Crippen molar-refractivity contribution in [1.29, 1.82) is 0 Å². The molecule has 0 N–H and O–H groups in total. The molecule has 13 nitrogen and oxygen atoms in total. The number of azide groups is 1. The first-order valence-electron chi connectivity index (χ1n) is 8.08. The molecule has 0 aromatic carbocycles. The lowest BCUT2D eigenvalue weighted by Crippen LogP contribution is -2.62. The Morgan fingerprint density at radius 2 is 1.43 bits per heavy atom. The Kier molecular flexibility index (Phi) is 9.15. The second kappa shape index (κ2) is 11.1. The van der Waals surface area contributed by atoms with Gasteiger partial charge in [0, 0.05) is 32.6 Å². The molecule has 1 aliphatic heterocycles. The number of hydrogen-bond donors (Lipinski definition) is 0. The van der Waals surface area contributed by atoms with Gasteiger partial charge in [0.15, 0.2) is 24.6 Å². The van der Waals surface area contributed by atoms with Gasteiger partial charge in [-0.1, -0.05) is 5.11 Å². The number of nitrogens with zero attached hydrogens (tertiary/aromatic N) is 3. The van der Waals surface area contributed by atoms with E-state index in [9.17, 15) is 19.2 Å². The van der Waals surface area contributed by atoms with Crippen molar-refractivity contribution in [3.8, 4) is 0 Å². The summed E-state index contributed by atoms with van der Waals surface area (Å²) in [4.78, 5) is 48.3. The van der Waals surface area contributed by atoms with E-state index < -0.39 is 61.3 Å². The molecule has 156 valence electrons. The Balaban J connectivity index is 3.26. The third kappa shape index (κ3) is 7.39. The molecule has 0 aromatic heterocycles. The van der Waals surface area contributed by atoms with E-state index in [4.69, 9.17) is 34.0 Å². The highest BCUT2D eigenvalue weighted by molar-refractivity contribution is 5.68. The SMILES string of the molecule is CC(=O)OC[C@H]1O[C@H](OCN=[N+]=[N-])[C@@H](OC(C)=O)[C@@H](OC(C)=O)[C@@H]1OC(C)=O. The normalized spacial score (nSPS) is 26.4. The third-order valence-corrected chi connectivity index (χ3v) is 3.31. The fraction of sp³-hybridized carbons (Fsp3) is 0.733. The van der Waals surface area contributed by atoms with Gasteiger partial charge in [-0.2, -0.15) is 0 Å². The largest absolute Gasteiger partial charge is 0.463 e. The molecule has 0 aromatic rings. The lowest BCUT2D eigenvalue weighted by molar-refractivity contribution is -0.307. The molecule has 13 heteroatoms. The van der Waals surface area contributed by atoms with Gasteiger partial charge in [0.25, 0.3) is 0 Å². The summed E-state index contributed by atoms with van der Waals surface area (Å²) < 4.78 is 31.2. The van der Waals surface area contributed by atoms with Gasteiger partial charge < -0.3 is 28.4 Å². The number of carbonyl (C=O) groups is 4. The topological polar surface area (TPSA) is 172 Å². The van der Waals surface area contributed by atoms with E-state index in [-0.39, 0.29) is 6.61 Å². The molecule has 28 heavy (non-hydrogen) atoms. The maximum Gasteiger partial charge on any atom is 0.303 e. The fourth-order valence-corrected chi connectivity index (χ4v) is 2.46. The fourth-order valence-electron chi connectivity index (χ4n) is 2.46. The average Bonchev–Trinajstić information content (AvgIpc) is 2.57. The second-order valence-electron chi connectivity index (χ2n) is 5.59. The van der Waals surface area contributed by atoms with Crippen LogP contribution in [-0.4, -0.2) is 67.9 Å². The van der Waals surface area contributed by atoms with Crippen LogP contribution >= 0.6 is 0 Å². The summed E-state index contributed by atoms with van der Waals surface area (Å²) in [7, 11) is 0. The minimum Gasteiger partial charge on any atom is -0.463 e. The molecule has 1 fully saturated rings. The lowest BCUT2D eigenvalue weighted by Gasteiger charge is -2.43. The Labute approximate surface area is 159 Å². The Hall–Kier alpha value is -2.89. The van der Waals surface area contributed by atoms with Gasteiger partial charge in [0.1, 0.15) is 19.4 Å². The summed E-state index contributed by atoms with van der Waals surface area (Å²) in [5, 5.41) is 3.19. The zero-order valence-corrected chi connectivity index (χ0v) is 15.7. The van der Waals surface area contributed by atoms with Crippen molar-refractivity contribution in [3.05, 3.63) is 10.4 Å². The van der Waals surface area contributed by atoms with Crippen molar-refractivity contribution in [3.63, 3.8) is 0 Å².